The molecule has 0 unspecified atom stereocenters. The van der Waals surface area contributed by atoms with Crippen molar-refractivity contribution in [1.82, 2.24) is 4.31 Å². The van der Waals surface area contributed by atoms with Crippen LogP contribution in [0.1, 0.15) is 19.8 Å². The van der Waals surface area contributed by atoms with E-state index >= 15 is 0 Å². The number of rotatable bonds is 4. The molecular formula is C22H26N2O5S2. The zero-order valence-electron chi connectivity index (χ0n) is 17.6. The molecule has 9 heteroatoms. The number of sulfonamides is 1. The summed E-state index contributed by atoms with van der Waals surface area (Å²) >= 11 is 1.74. The molecule has 7 nitrogen and oxygen atoms in total. The largest absolute Gasteiger partial charge is 0.490 e. The van der Waals surface area contributed by atoms with Crippen molar-refractivity contribution in [1.29, 1.82) is 0 Å². The minimum absolute atomic E-state index is 0.0764. The van der Waals surface area contributed by atoms with Crippen molar-refractivity contribution in [2.24, 2.45) is 0 Å². The van der Waals surface area contributed by atoms with Gasteiger partial charge in [-0.05, 0) is 30.7 Å². The van der Waals surface area contributed by atoms with E-state index in [2.05, 4.69) is 6.92 Å². The van der Waals surface area contributed by atoms with Crippen molar-refractivity contribution in [3.8, 4) is 11.5 Å². The van der Waals surface area contributed by atoms with E-state index in [1.807, 2.05) is 24.3 Å². The highest BCUT2D eigenvalue weighted by molar-refractivity contribution is 8.00. The quantitative estimate of drug-likeness (QED) is 0.693. The number of para-hydroxylation sites is 1. The number of carbonyl (C=O) groups is 1. The Morgan fingerprint density at radius 1 is 1.16 bits per heavy atom. The van der Waals surface area contributed by atoms with Gasteiger partial charge in [-0.15, -0.1) is 11.8 Å². The van der Waals surface area contributed by atoms with Gasteiger partial charge in [0.05, 0.1) is 30.3 Å². The van der Waals surface area contributed by atoms with Gasteiger partial charge in [0.2, 0.25) is 15.9 Å². The third kappa shape index (κ3) is 4.68. The van der Waals surface area contributed by atoms with Crippen LogP contribution < -0.4 is 14.4 Å². The SMILES string of the molecule is C[C@@H]1CCN(C(=O)CN(C)S(=O)(=O)c2ccc3c(c2)OCCCO3)c2ccccc2S1. The van der Waals surface area contributed by atoms with Gasteiger partial charge >= 0.3 is 0 Å². The topological polar surface area (TPSA) is 76.2 Å². The molecular weight excluding hydrogens is 436 g/mol. The zero-order valence-corrected chi connectivity index (χ0v) is 19.2. The molecule has 2 aliphatic heterocycles. The van der Waals surface area contributed by atoms with E-state index in [0.29, 0.717) is 36.5 Å². The first-order chi connectivity index (χ1) is 14.9. The number of carbonyl (C=O) groups excluding carboxylic acids is 1. The van der Waals surface area contributed by atoms with E-state index in [1.165, 1.54) is 19.2 Å². The monoisotopic (exact) mass is 462 g/mol. The van der Waals surface area contributed by atoms with Gasteiger partial charge in [-0.1, -0.05) is 19.1 Å². The molecule has 1 amide bonds. The molecule has 0 saturated heterocycles. The normalized spacial score (nSPS) is 18.8. The van der Waals surface area contributed by atoms with Crippen LogP contribution in [0.15, 0.2) is 52.3 Å². The number of benzene rings is 2. The fraction of sp³-hybridized carbons (Fsp3) is 0.409. The van der Waals surface area contributed by atoms with Crippen LogP contribution in [-0.4, -0.2) is 57.2 Å². The van der Waals surface area contributed by atoms with Crippen LogP contribution in [0.4, 0.5) is 5.69 Å². The summed E-state index contributed by atoms with van der Waals surface area (Å²) in [7, 11) is -2.44. The van der Waals surface area contributed by atoms with Crippen molar-refractivity contribution >= 4 is 33.4 Å². The highest BCUT2D eigenvalue weighted by atomic mass is 32.2. The second-order valence-electron chi connectivity index (χ2n) is 7.65. The fourth-order valence-corrected chi connectivity index (χ4v) is 5.84. The lowest BCUT2D eigenvalue weighted by molar-refractivity contribution is -0.118. The van der Waals surface area contributed by atoms with Crippen molar-refractivity contribution < 1.29 is 22.7 Å². The van der Waals surface area contributed by atoms with Crippen LogP contribution in [0.5, 0.6) is 11.5 Å². The summed E-state index contributed by atoms with van der Waals surface area (Å²) in [6.45, 7) is 3.44. The average Bonchev–Trinajstić information content (AvgIpc) is 3.08. The Kier molecular flexibility index (Phi) is 6.45. The standard InChI is InChI=1S/C22H26N2O5S2/c1-16-10-11-24(18-6-3-4-7-21(18)30-16)22(25)15-23(2)31(26,27)17-8-9-19-20(14-17)29-13-5-12-28-19/h3-4,6-9,14,16H,5,10-13,15H2,1-2H3/t16-/m1/s1. The van der Waals surface area contributed by atoms with Crippen LogP contribution in [0.2, 0.25) is 0 Å². The second kappa shape index (κ2) is 9.10. The molecule has 0 aliphatic carbocycles. The number of ether oxygens (including phenoxy) is 2. The highest BCUT2D eigenvalue weighted by Crippen LogP contribution is 2.37. The fourth-order valence-electron chi connectivity index (χ4n) is 3.59. The molecule has 0 aromatic heterocycles. The maximum atomic E-state index is 13.2. The molecule has 2 aromatic carbocycles. The third-order valence-electron chi connectivity index (χ3n) is 5.33. The Morgan fingerprint density at radius 3 is 2.71 bits per heavy atom. The third-order valence-corrected chi connectivity index (χ3v) is 8.37. The second-order valence-corrected chi connectivity index (χ2v) is 11.2. The molecule has 1 atom stereocenters. The molecule has 0 spiro atoms. The maximum absolute atomic E-state index is 13.2. The lowest BCUT2D eigenvalue weighted by Gasteiger charge is -2.25. The van der Waals surface area contributed by atoms with E-state index in [4.69, 9.17) is 9.47 Å². The molecule has 166 valence electrons. The summed E-state index contributed by atoms with van der Waals surface area (Å²) < 4.78 is 38.6. The summed E-state index contributed by atoms with van der Waals surface area (Å²) in [5.74, 6) is 0.691. The van der Waals surface area contributed by atoms with Crippen molar-refractivity contribution in [2.75, 3.05) is 38.3 Å². The molecule has 2 aliphatic rings. The van der Waals surface area contributed by atoms with E-state index in [-0.39, 0.29) is 17.3 Å². The summed E-state index contributed by atoms with van der Waals surface area (Å²) in [5.41, 5.74) is 0.836. The van der Waals surface area contributed by atoms with Crippen LogP contribution in [0.3, 0.4) is 0 Å². The lowest BCUT2D eigenvalue weighted by atomic mass is 10.2. The van der Waals surface area contributed by atoms with E-state index in [9.17, 15) is 13.2 Å². The van der Waals surface area contributed by atoms with Gasteiger partial charge in [0.15, 0.2) is 11.5 Å². The average molecular weight is 463 g/mol. The zero-order chi connectivity index (χ0) is 22.0. The molecule has 0 bridgehead atoms. The van der Waals surface area contributed by atoms with Crippen LogP contribution in [0, 0.1) is 0 Å². The Bertz CT molecular complexity index is 1070. The van der Waals surface area contributed by atoms with E-state index in [0.717, 1.165) is 27.7 Å². The van der Waals surface area contributed by atoms with Crippen molar-refractivity contribution in [2.45, 2.75) is 34.8 Å². The Balaban J connectivity index is 1.54. The van der Waals surface area contributed by atoms with Gasteiger partial charge in [-0.3, -0.25) is 4.79 Å². The van der Waals surface area contributed by atoms with Gasteiger partial charge < -0.3 is 14.4 Å². The molecule has 0 N–H and O–H groups in total. The van der Waals surface area contributed by atoms with Crippen molar-refractivity contribution in [3.05, 3.63) is 42.5 Å². The molecule has 0 fully saturated rings. The van der Waals surface area contributed by atoms with Gasteiger partial charge in [0.1, 0.15) is 0 Å². The van der Waals surface area contributed by atoms with Crippen LogP contribution in [0.25, 0.3) is 0 Å². The predicted octanol–water partition coefficient (Wildman–Crippen LogP) is 3.39. The first-order valence-corrected chi connectivity index (χ1v) is 12.6. The smallest absolute Gasteiger partial charge is 0.243 e. The first kappa shape index (κ1) is 22.0. The van der Waals surface area contributed by atoms with Gasteiger partial charge in [-0.2, -0.15) is 4.31 Å². The number of hydrogen-bond acceptors (Lipinski definition) is 6. The molecule has 2 aromatic rings. The molecule has 0 saturated carbocycles. The molecule has 0 radical (unpaired) electrons. The van der Waals surface area contributed by atoms with Crippen LogP contribution in [-0.2, 0) is 14.8 Å². The Morgan fingerprint density at radius 2 is 1.90 bits per heavy atom. The number of likely N-dealkylation sites (N-methyl/N-ethyl adjacent to an activating group) is 1. The van der Waals surface area contributed by atoms with Gasteiger partial charge in [-0.25, -0.2) is 8.42 Å². The van der Waals surface area contributed by atoms with Gasteiger partial charge in [0.25, 0.3) is 0 Å². The van der Waals surface area contributed by atoms with Crippen molar-refractivity contribution in [3.63, 3.8) is 0 Å². The number of fused-ring (bicyclic) bond motifs is 2. The van der Waals surface area contributed by atoms with Gasteiger partial charge in [0, 0.05) is 36.2 Å². The predicted molar refractivity (Wildman–Crippen MR) is 121 cm³/mol. The van der Waals surface area contributed by atoms with E-state index < -0.39 is 10.0 Å². The number of nitrogens with zero attached hydrogens (tertiary/aromatic N) is 2. The summed E-state index contributed by atoms with van der Waals surface area (Å²) in [4.78, 5) is 16.0. The van der Waals surface area contributed by atoms with E-state index in [1.54, 1.807) is 22.7 Å². The lowest BCUT2D eigenvalue weighted by Crippen LogP contribution is -2.41. The molecule has 2 heterocycles. The van der Waals surface area contributed by atoms with Crippen LogP contribution >= 0.6 is 11.8 Å². The summed E-state index contributed by atoms with van der Waals surface area (Å²) in [6.07, 6.45) is 1.57. The minimum Gasteiger partial charge on any atom is -0.490 e. The summed E-state index contributed by atoms with van der Waals surface area (Å²) in [5, 5.41) is 0.377. The Hall–Kier alpha value is -2.23. The number of anilines is 1. The first-order valence-electron chi connectivity index (χ1n) is 10.3. The molecule has 31 heavy (non-hydrogen) atoms. The maximum Gasteiger partial charge on any atom is 0.243 e. The number of hydrogen-bond donors (Lipinski definition) is 0. The number of thioether (sulfide) groups is 1. The summed E-state index contributed by atoms with van der Waals surface area (Å²) in [6, 6.07) is 12.3. The number of amides is 1. The highest BCUT2D eigenvalue weighted by Gasteiger charge is 2.29. The molecule has 4 rings (SSSR count). The minimum atomic E-state index is -3.87. The Labute approximate surface area is 187 Å².